The number of aldehydes is 1. The summed E-state index contributed by atoms with van der Waals surface area (Å²) in [7, 11) is 0. The number of aromatic nitrogens is 4. The molecule has 0 N–H and O–H groups in total. The van der Waals surface area contributed by atoms with Gasteiger partial charge in [0.05, 0.1) is 33.9 Å². The molecule has 5 nitrogen and oxygen atoms in total. The molecule has 0 bridgehead atoms. The predicted molar refractivity (Wildman–Crippen MR) is 80.6 cm³/mol. The largest absolute Gasteiger partial charge is 0.298 e. The standard InChI is InChI=1S/C15H13ClN4O/c1-10-13(9-21)15(19-8-14(16)11(2)17-19)20(18-10)12-6-4-3-5-7-12/h3-9H,1-2H3. The van der Waals surface area contributed by atoms with Crippen LogP contribution in [0.1, 0.15) is 21.7 Å². The Morgan fingerprint density at radius 3 is 2.38 bits per heavy atom. The van der Waals surface area contributed by atoms with Crippen LogP contribution in [0.25, 0.3) is 11.5 Å². The van der Waals surface area contributed by atoms with Gasteiger partial charge in [-0.05, 0) is 26.0 Å². The number of hydrogen-bond acceptors (Lipinski definition) is 3. The van der Waals surface area contributed by atoms with Crippen LogP contribution in [0, 0.1) is 13.8 Å². The van der Waals surface area contributed by atoms with Crippen molar-refractivity contribution >= 4 is 17.9 Å². The van der Waals surface area contributed by atoms with Crippen molar-refractivity contribution in [3.05, 3.63) is 58.5 Å². The van der Waals surface area contributed by atoms with E-state index in [0.29, 0.717) is 27.8 Å². The molecule has 0 unspecified atom stereocenters. The third-order valence-electron chi connectivity index (χ3n) is 3.26. The van der Waals surface area contributed by atoms with Crippen molar-refractivity contribution in [2.45, 2.75) is 13.8 Å². The first kappa shape index (κ1) is 13.6. The number of carbonyl (C=O) groups is 1. The second kappa shape index (κ2) is 5.18. The molecule has 0 aliphatic heterocycles. The summed E-state index contributed by atoms with van der Waals surface area (Å²) in [5.41, 5.74) is 2.70. The zero-order valence-electron chi connectivity index (χ0n) is 11.6. The van der Waals surface area contributed by atoms with Crippen molar-refractivity contribution in [2.24, 2.45) is 0 Å². The van der Waals surface area contributed by atoms with E-state index in [0.717, 1.165) is 12.0 Å². The zero-order valence-corrected chi connectivity index (χ0v) is 12.4. The maximum absolute atomic E-state index is 11.4. The molecule has 21 heavy (non-hydrogen) atoms. The number of rotatable bonds is 3. The van der Waals surface area contributed by atoms with Gasteiger partial charge in [-0.1, -0.05) is 29.8 Å². The Kier molecular flexibility index (Phi) is 3.35. The second-order valence-corrected chi connectivity index (χ2v) is 5.10. The number of hydrogen-bond donors (Lipinski definition) is 0. The molecule has 3 aromatic rings. The van der Waals surface area contributed by atoms with Gasteiger partial charge in [0.2, 0.25) is 0 Å². The Morgan fingerprint density at radius 1 is 1.10 bits per heavy atom. The smallest absolute Gasteiger partial charge is 0.167 e. The van der Waals surface area contributed by atoms with E-state index in [1.54, 1.807) is 22.5 Å². The lowest BCUT2D eigenvalue weighted by Gasteiger charge is -2.07. The van der Waals surface area contributed by atoms with Gasteiger partial charge in [0.25, 0.3) is 0 Å². The molecule has 0 saturated carbocycles. The van der Waals surface area contributed by atoms with E-state index in [1.807, 2.05) is 37.3 Å². The first-order valence-electron chi connectivity index (χ1n) is 6.44. The van der Waals surface area contributed by atoms with Crippen LogP contribution in [0.2, 0.25) is 5.02 Å². The van der Waals surface area contributed by atoms with Gasteiger partial charge < -0.3 is 0 Å². The molecule has 0 radical (unpaired) electrons. The highest BCUT2D eigenvalue weighted by Gasteiger charge is 2.19. The molecule has 0 aliphatic rings. The van der Waals surface area contributed by atoms with Gasteiger partial charge in [-0.25, -0.2) is 9.36 Å². The van der Waals surface area contributed by atoms with Gasteiger partial charge in [0.1, 0.15) is 0 Å². The number of benzene rings is 1. The van der Waals surface area contributed by atoms with Gasteiger partial charge in [0.15, 0.2) is 12.1 Å². The molecular formula is C15H13ClN4O. The summed E-state index contributed by atoms with van der Waals surface area (Å²) < 4.78 is 3.29. The normalized spacial score (nSPS) is 10.8. The van der Waals surface area contributed by atoms with Crippen molar-refractivity contribution < 1.29 is 4.79 Å². The number of carbonyl (C=O) groups excluding carboxylic acids is 1. The third kappa shape index (κ3) is 2.25. The summed E-state index contributed by atoms with van der Waals surface area (Å²) >= 11 is 6.08. The fourth-order valence-corrected chi connectivity index (χ4v) is 2.31. The SMILES string of the molecule is Cc1nn(-c2c(C=O)c(C)nn2-c2ccccc2)cc1Cl. The van der Waals surface area contributed by atoms with Crippen LogP contribution < -0.4 is 0 Å². The van der Waals surface area contributed by atoms with Crippen molar-refractivity contribution in [3.63, 3.8) is 0 Å². The maximum atomic E-state index is 11.4. The molecule has 3 rings (SSSR count). The molecule has 2 heterocycles. The monoisotopic (exact) mass is 300 g/mol. The maximum Gasteiger partial charge on any atom is 0.167 e. The summed E-state index contributed by atoms with van der Waals surface area (Å²) in [5.74, 6) is 0.587. The highest BCUT2D eigenvalue weighted by atomic mass is 35.5. The summed E-state index contributed by atoms with van der Waals surface area (Å²) in [6.07, 6.45) is 2.47. The number of nitrogens with zero attached hydrogens (tertiary/aromatic N) is 4. The lowest BCUT2D eigenvalue weighted by molar-refractivity contribution is 0.112. The van der Waals surface area contributed by atoms with Crippen LogP contribution in [0.5, 0.6) is 0 Å². The first-order valence-corrected chi connectivity index (χ1v) is 6.82. The van der Waals surface area contributed by atoms with Crippen molar-refractivity contribution in [1.29, 1.82) is 0 Å². The molecule has 1 aromatic carbocycles. The lowest BCUT2D eigenvalue weighted by atomic mass is 10.2. The molecule has 0 saturated heterocycles. The first-order chi connectivity index (χ1) is 10.1. The third-order valence-corrected chi connectivity index (χ3v) is 3.63. The van der Waals surface area contributed by atoms with Crippen LogP contribution in [0.3, 0.4) is 0 Å². The van der Waals surface area contributed by atoms with Gasteiger partial charge in [-0.15, -0.1) is 0 Å². The van der Waals surface area contributed by atoms with Crippen LogP contribution in [0.15, 0.2) is 36.5 Å². The Bertz CT molecular complexity index is 785. The minimum absolute atomic E-state index is 0.498. The van der Waals surface area contributed by atoms with E-state index < -0.39 is 0 Å². The van der Waals surface area contributed by atoms with Gasteiger partial charge in [-0.3, -0.25) is 4.79 Å². The average molecular weight is 301 g/mol. The highest BCUT2D eigenvalue weighted by Crippen LogP contribution is 2.23. The summed E-state index contributed by atoms with van der Waals surface area (Å²) in [4.78, 5) is 11.4. The Hall–Kier alpha value is -2.40. The minimum Gasteiger partial charge on any atom is -0.298 e. The fraction of sp³-hybridized carbons (Fsp3) is 0.133. The zero-order chi connectivity index (χ0) is 15.0. The van der Waals surface area contributed by atoms with Crippen LogP contribution in [0.4, 0.5) is 0 Å². The summed E-state index contributed by atoms with van der Waals surface area (Å²) in [6.45, 7) is 3.61. The number of halogens is 1. The molecule has 0 aliphatic carbocycles. The van der Waals surface area contributed by atoms with Crippen LogP contribution in [-0.4, -0.2) is 25.8 Å². The molecular weight excluding hydrogens is 288 g/mol. The summed E-state index contributed by atoms with van der Waals surface area (Å²) in [5, 5.41) is 9.35. The van der Waals surface area contributed by atoms with Crippen molar-refractivity contribution in [1.82, 2.24) is 19.6 Å². The van der Waals surface area contributed by atoms with Gasteiger partial charge in [0, 0.05) is 0 Å². The Labute approximate surface area is 126 Å². The Balaban J connectivity index is 2.29. The molecule has 0 spiro atoms. The van der Waals surface area contributed by atoms with Crippen molar-refractivity contribution in [3.8, 4) is 11.5 Å². The average Bonchev–Trinajstić information content (AvgIpc) is 3.00. The molecule has 0 amide bonds. The molecule has 2 aromatic heterocycles. The second-order valence-electron chi connectivity index (χ2n) is 4.69. The van der Waals surface area contributed by atoms with E-state index in [4.69, 9.17) is 11.6 Å². The van der Waals surface area contributed by atoms with E-state index in [-0.39, 0.29) is 0 Å². The fourth-order valence-electron chi connectivity index (χ4n) is 2.18. The molecule has 0 fully saturated rings. The van der Waals surface area contributed by atoms with Gasteiger partial charge >= 0.3 is 0 Å². The van der Waals surface area contributed by atoms with E-state index in [1.165, 1.54) is 0 Å². The van der Waals surface area contributed by atoms with E-state index in [9.17, 15) is 4.79 Å². The number of aryl methyl sites for hydroxylation is 2. The van der Waals surface area contributed by atoms with Crippen LogP contribution in [-0.2, 0) is 0 Å². The molecule has 106 valence electrons. The predicted octanol–water partition coefficient (Wildman–Crippen LogP) is 3.14. The minimum atomic E-state index is 0.498. The van der Waals surface area contributed by atoms with Crippen molar-refractivity contribution in [2.75, 3.05) is 0 Å². The topological polar surface area (TPSA) is 52.7 Å². The van der Waals surface area contributed by atoms with E-state index >= 15 is 0 Å². The molecule has 6 heteroatoms. The summed E-state index contributed by atoms with van der Waals surface area (Å²) in [6, 6.07) is 9.59. The lowest BCUT2D eigenvalue weighted by Crippen LogP contribution is -2.07. The van der Waals surface area contributed by atoms with Gasteiger partial charge in [-0.2, -0.15) is 10.2 Å². The Morgan fingerprint density at radius 2 is 1.81 bits per heavy atom. The molecule has 0 atom stereocenters. The highest BCUT2D eigenvalue weighted by molar-refractivity contribution is 6.31. The van der Waals surface area contributed by atoms with E-state index in [2.05, 4.69) is 10.2 Å². The number of para-hydroxylation sites is 1. The quantitative estimate of drug-likeness (QED) is 0.698. The van der Waals surface area contributed by atoms with Crippen LogP contribution >= 0.6 is 11.6 Å².